The Bertz CT molecular complexity index is 507. The van der Waals surface area contributed by atoms with Crippen molar-refractivity contribution in [1.29, 1.82) is 0 Å². The molecule has 0 saturated carbocycles. The van der Waals surface area contributed by atoms with Crippen molar-refractivity contribution in [3.05, 3.63) is 12.2 Å². The Kier molecular flexibility index (Phi) is 9.90. The largest absolute Gasteiger partial charge is 0.480 e. The molecule has 0 aliphatic carbocycles. The van der Waals surface area contributed by atoms with Crippen molar-refractivity contribution in [3.8, 4) is 0 Å². The molecule has 148 valence electrons. The minimum Gasteiger partial charge on any atom is -0.480 e. The normalized spacial score (nSPS) is 17.8. The predicted octanol–water partition coefficient (Wildman–Crippen LogP) is 0.565. The molecule has 3 N–H and O–H groups in total. The second-order valence-corrected chi connectivity index (χ2v) is 6.87. The highest BCUT2D eigenvalue weighted by molar-refractivity contribution is 5.90. The minimum atomic E-state index is -1.00. The summed E-state index contributed by atoms with van der Waals surface area (Å²) in [6.07, 6.45) is 6.29. The summed E-state index contributed by atoms with van der Waals surface area (Å²) in [4.78, 5) is 38.0. The topological polar surface area (TPSA) is 110 Å². The van der Waals surface area contributed by atoms with Crippen molar-refractivity contribution >= 4 is 17.8 Å². The van der Waals surface area contributed by atoms with E-state index in [4.69, 9.17) is 0 Å². The Morgan fingerprint density at radius 2 is 1.96 bits per heavy atom. The highest BCUT2D eigenvalue weighted by atomic mass is 16.4. The van der Waals surface area contributed by atoms with Crippen LogP contribution >= 0.6 is 0 Å². The second kappa shape index (κ2) is 11.6. The molecule has 1 aliphatic heterocycles. The third kappa shape index (κ3) is 8.44. The summed E-state index contributed by atoms with van der Waals surface area (Å²) in [5.74, 6) is -1.46. The van der Waals surface area contributed by atoms with Crippen LogP contribution in [0.5, 0.6) is 0 Å². The van der Waals surface area contributed by atoms with E-state index in [1.54, 1.807) is 0 Å². The molecule has 0 spiro atoms. The average Bonchev–Trinajstić information content (AvgIpc) is 2.88. The molecule has 0 aromatic rings. The maximum Gasteiger partial charge on any atom is 0.326 e. The van der Waals surface area contributed by atoms with Gasteiger partial charge in [0.05, 0.1) is 0 Å². The molecule has 2 amide bonds. The molecule has 0 aromatic carbocycles. The SMILES string of the molecule is CN(C)CCCCC(NC(=O)CCCCCN1C(=O)C=CC1O)C(=O)O. The molecular weight excluding hydrogens is 338 g/mol. The summed E-state index contributed by atoms with van der Waals surface area (Å²) in [5, 5.41) is 21.4. The molecule has 8 heteroatoms. The van der Waals surface area contributed by atoms with E-state index in [9.17, 15) is 24.6 Å². The van der Waals surface area contributed by atoms with Gasteiger partial charge in [-0.3, -0.25) is 9.59 Å². The molecule has 1 aliphatic rings. The summed E-state index contributed by atoms with van der Waals surface area (Å²) >= 11 is 0. The fraction of sp³-hybridized carbons (Fsp3) is 0.722. The van der Waals surface area contributed by atoms with Crippen LogP contribution in [0.2, 0.25) is 0 Å². The number of hydrogen-bond donors (Lipinski definition) is 3. The summed E-state index contributed by atoms with van der Waals surface area (Å²) in [6.45, 7) is 1.34. The first-order valence-corrected chi connectivity index (χ1v) is 9.15. The van der Waals surface area contributed by atoms with E-state index in [1.165, 1.54) is 17.1 Å². The summed E-state index contributed by atoms with van der Waals surface area (Å²) in [6, 6.07) is -0.840. The van der Waals surface area contributed by atoms with Gasteiger partial charge < -0.3 is 25.3 Å². The van der Waals surface area contributed by atoms with Crippen LogP contribution in [0, 0.1) is 0 Å². The summed E-state index contributed by atoms with van der Waals surface area (Å²) < 4.78 is 0. The lowest BCUT2D eigenvalue weighted by molar-refractivity contribution is -0.142. The third-order valence-electron chi connectivity index (χ3n) is 4.30. The number of hydrogen-bond acceptors (Lipinski definition) is 5. The molecule has 26 heavy (non-hydrogen) atoms. The first kappa shape index (κ1) is 22.1. The molecule has 1 heterocycles. The van der Waals surface area contributed by atoms with Gasteiger partial charge in [0.2, 0.25) is 11.8 Å². The van der Waals surface area contributed by atoms with Gasteiger partial charge in [0.15, 0.2) is 0 Å². The Hall–Kier alpha value is -1.93. The van der Waals surface area contributed by atoms with Crippen LogP contribution in [0.3, 0.4) is 0 Å². The van der Waals surface area contributed by atoms with Gasteiger partial charge in [-0.1, -0.05) is 6.42 Å². The smallest absolute Gasteiger partial charge is 0.326 e. The van der Waals surface area contributed by atoms with Gasteiger partial charge in [-0.25, -0.2) is 4.79 Å². The maximum atomic E-state index is 11.9. The molecule has 0 saturated heterocycles. The van der Waals surface area contributed by atoms with Crippen molar-refractivity contribution in [2.24, 2.45) is 0 Å². The Morgan fingerprint density at radius 3 is 2.54 bits per heavy atom. The number of carboxylic acid groups (broad SMARTS) is 1. The fourth-order valence-corrected chi connectivity index (χ4v) is 2.79. The van der Waals surface area contributed by atoms with Crippen LogP contribution in [0.25, 0.3) is 0 Å². The number of carbonyl (C=O) groups excluding carboxylic acids is 2. The molecular formula is C18H31N3O5. The highest BCUT2D eigenvalue weighted by Gasteiger charge is 2.23. The molecule has 0 fully saturated rings. The van der Waals surface area contributed by atoms with Crippen molar-refractivity contribution in [2.45, 2.75) is 57.2 Å². The zero-order chi connectivity index (χ0) is 19.5. The lowest BCUT2D eigenvalue weighted by atomic mass is 10.1. The lowest BCUT2D eigenvalue weighted by Gasteiger charge is -2.20. The number of nitrogens with one attached hydrogen (secondary N) is 1. The van der Waals surface area contributed by atoms with Gasteiger partial charge in [-0.15, -0.1) is 0 Å². The number of aliphatic carboxylic acids is 1. The molecule has 1 rings (SSSR count). The number of aliphatic hydroxyl groups is 1. The molecule has 0 aromatic heterocycles. The van der Waals surface area contributed by atoms with Gasteiger partial charge in [-0.05, 0) is 58.8 Å². The molecule has 0 radical (unpaired) electrons. The van der Waals surface area contributed by atoms with E-state index < -0.39 is 18.2 Å². The van der Waals surface area contributed by atoms with Crippen LogP contribution in [0.4, 0.5) is 0 Å². The maximum absolute atomic E-state index is 11.9. The number of nitrogens with zero attached hydrogens (tertiary/aromatic N) is 2. The Morgan fingerprint density at radius 1 is 1.23 bits per heavy atom. The van der Waals surface area contributed by atoms with Crippen LogP contribution in [0.1, 0.15) is 44.9 Å². The summed E-state index contributed by atoms with van der Waals surface area (Å²) in [5.41, 5.74) is 0. The second-order valence-electron chi connectivity index (χ2n) is 6.87. The minimum absolute atomic E-state index is 0.200. The number of carboxylic acids is 1. The van der Waals surface area contributed by atoms with Crippen molar-refractivity contribution in [2.75, 3.05) is 27.2 Å². The summed E-state index contributed by atoms with van der Waals surface area (Å²) in [7, 11) is 3.93. The van der Waals surface area contributed by atoms with Gasteiger partial charge in [0, 0.05) is 19.0 Å². The van der Waals surface area contributed by atoms with Gasteiger partial charge in [0.1, 0.15) is 12.3 Å². The molecule has 2 unspecified atom stereocenters. The lowest BCUT2D eigenvalue weighted by Crippen LogP contribution is -2.40. The quantitative estimate of drug-likeness (QED) is 0.409. The van der Waals surface area contributed by atoms with E-state index in [2.05, 4.69) is 5.32 Å². The van der Waals surface area contributed by atoms with Crippen molar-refractivity contribution in [1.82, 2.24) is 15.1 Å². The molecule has 2 atom stereocenters. The first-order chi connectivity index (χ1) is 12.3. The fourth-order valence-electron chi connectivity index (χ4n) is 2.79. The molecule has 0 bridgehead atoms. The number of aliphatic hydroxyl groups excluding tert-OH is 1. The van der Waals surface area contributed by atoms with E-state index in [-0.39, 0.29) is 18.2 Å². The van der Waals surface area contributed by atoms with Gasteiger partial charge in [0.25, 0.3) is 0 Å². The van der Waals surface area contributed by atoms with E-state index >= 15 is 0 Å². The third-order valence-corrected chi connectivity index (χ3v) is 4.30. The van der Waals surface area contributed by atoms with Crippen molar-refractivity contribution in [3.63, 3.8) is 0 Å². The number of carbonyl (C=O) groups is 3. The van der Waals surface area contributed by atoms with E-state index in [0.717, 1.165) is 25.8 Å². The monoisotopic (exact) mass is 369 g/mol. The first-order valence-electron chi connectivity index (χ1n) is 9.15. The van der Waals surface area contributed by atoms with Crippen LogP contribution in [0.15, 0.2) is 12.2 Å². The van der Waals surface area contributed by atoms with Gasteiger partial charge in [-0.2, -0.15) is 0 Å². The Labute approximate surface area is 154 Å². The Balaban J connectivity index is 2.16. The van der Waals surface area contributed by atoms with Crippen molar-refractivity contribution < 1.29 is 24.6 Å². The number of rotatable bonds is 13. The van der Waals surface area contributed by atoms with Crippen LogP contribution in [-0.2, 0) is 14.4 Å². The zero-order valence-electron chi connectivity index (χ0n) is 15.7. The number of unbranched alkanes of at least 4 members (excludes halogenated alkanes) is 3. The van der Waals surface area contributed by atoms with Crippen LogP contribution < -0.4 is 5.32 Å². The highest BCUT2D eigenvalue weighted by Crippen LogP contribution is 2.11. The van der Waals surface area contributed by atoms with Crippen LogP contribution in [-0.4, -0.2) is 77.3 Å². The molecule has 8 nitrogen and oxygen atoms in total. The zero-order valence-corrected chi connectivity index (χ0v) is 15.7. The average molecular weight is 369 g/mol. The number of amides is 2. The van der Waals surface area contributed by atoms with E-state index in [1.807, 2.05) is 19.0 Å². The van der Waals surface area contributed by atoms with Gasteiger partial charge >= 0.3 is 5.97 Å². The standard InChI is InChI=1S/C18H31N3O5/c1-20(2)12-7-5-8-14(18(25)26)19-15(22)9-4-3-6-13-21-16(23)10-11-17(21)24/h10-11,14,16,23H,3-9,12-13H2,1-2H3,(H,19,22)(H,25,26). The predicted molar refractivity (Wildman–Crippen MR) is 97.3 cm³/mol. The van der Waals surface area contributed by atoms with E-state index in [0.29, 0.717) is 25.8 Å².